The normalized spacial score (nSPS) is 19.4. The number of aromatic nitrogens is 1. The molecule has 0 spiro atoms. The number of likely N-dealkylation sites (tertiary alicyclic amines) is 1. The van der Waals surface area contributed by atoms with Gasteiger partial charge in [0, 0.05) is 31.3 Å². The van der Waals surface area contributed by atoms with Crippen molar-refractivity contribution in [3.8, 4) is 17.1 Å². The van der Waals surface area contributed by atoms with E-state index in [1.165, 1.54) is 0 Å². The second-order valence-electron chi connectivity index (χ2n) is 7.27. The summed E-state index contributed by atoms with van der Waals surface area (Å²) < 4.78 is 16.0. The van der Waals surface area contributed by atoms with E-state index in [2.05, 4.69) is 5.16 Å². The molecule has 2 aliphatic heterocycles. The number of carbonyl (C=O) groups excluding carboxylic acids is 2. The highest BCUT2D eigenvalue weighted by Gasteiger charge is 2.37. The van der Waals surface area contributed by atoms with E-state index in [1.54, 1.807) is 23.0 Å². The summed E-state index contributed by atoms with van der Waals surface area (Å²) in [7, 11) is 1.61. The average molecular weight is 399 g/mol. The molecular weight excluding hydrogens is 374 g/mol. The molecule has 0 N–H and O–H groups in total. The van der Waals surface area contributed by atoms with E-state index in [9.17, 15) is 9.59 Å². The van der Waals surface area contributed by atoms with E-state index in [1.807, 2.05) is 24.3 Å². The fourth-order valence-electron chi connectivity index (χ4n) is 3.88. The number of methoxy groups -OCH3 is 1. The smallest absolute Gasteiger partial charge is 0.245 e. The lowest BCUT2D eigenvalue weighted by molar-refractivity contribution is -0.146. The fraction of sp³-hybridized carbons (Fsp3) is 0.476. The average Bonchev–Trinajstić information content (AvgIpc) is 3.44. The Morgan fingerprint density at radius 3 is 2.83 bits per heavy atom. The first-order valence-corrected chi connectivity index (χ1v) is 9.92. The lowest BCUT2D eigenvalue weighted by Crippen LogP contribution is -2.51. The Morgan fingerprint density at radius 2 is 2.03 bits per heavy atom. The number of benzene rings is 1. The van der Waals surface area contributed by atoms with Crippen molar-refractivity contribution in [2.75, 3.05) is 40.0 Å². The zero-order valence-electron chi connectivity index (χ0n) is 16.5. The van der Waals surface area contributed by atoms with E-state index < -0.39 is 0 Å². The minimum atomic E-state index is -0.384. The molecule has 2 aliphatic rings. The number of ether oxygens (including phenoxy) is 2. The van der Waals surface area contributed by atoms with Gasteiger partial charge in [0.25, 0.3) is 0 Å². The molecule has 29 heavy (non-hydrogen) atoms. The number of amides is 2. The lowest BCUT2D eigenvalue weighted by atomic mass is 10.1. The Bertz CT molecular complexity index is 875. The molecule has 2 amide bonds. The third-order valence-electron chi connectivity index (χ3n) is 5.43. The van der Waals surface area contributed by atoms with Gasteiger partial charge in [0.2, 0.25) is 11.8 Å². The van der Waals surface area contributed by atoms with Gasteiger partial charge in [-0.1, -0.05) is 17.3 Å². The van der Waals surface area contributed by atoms with Gasteiger partial charge in [0.15, 0.2) is 5.76 Å². The van der Waals surface area contributed by atoms with Crippen molar-refractivity contribution < 1.29 is 23.6 Å². The third-order valence-corrected chi connectivity index (χ3v) is 5.43. The van der Waals surface area contributed by atoms with Crippen molar-refractivity contribution in [2.45, 2.75) is 25.3 Å². The SMILES string of the molecule is COc1cccc(-c2cc(CC(=O)N3CCC[C@H]3C(=O)N3CCOCC3)no2)c1. The first kappa shape index (κ1) is 19.4. The maximum atomic E-state index is 12.9. The number of rotatable bonds is 5. The molecule has 3 heterocycles. The summed E-state index contributed by atoms with van der Waals surface area (Å²) in [6.07, 6.45) is 1.65. The zero-order chi connectivity index (χ0) is 20.2. The Labute approximate surface area is 169 Å². The summed E-state index contributed by atoms with van der Waals surface area (Å²) in [5, 5.41) is 4.04. The van der Waals surface area contributed by atoms with Crippen molar-refractivity contribution in [2.24, 2.45) is 0 Å². The van der Waals surface area contributed by atoms with Gasteiger partial charge in [-0.25, -0.2) is 0 Å². The molecule has 0 unspecified atom stereocenters. The molecule has 4 rings (SSSR count). The van der Waals surface area contributed by atoms with Crippen LogP contribution in [0, 0.1) is 0 Å². The van der Waals surface area contributed by atoms with E-state index in [-0.39, 0.29) is 24.3 Å². The Kier molecular flexibility index (Phi) is 5.80. The van der Waals surface area contributed by atoms with Crippen LogP contribution in [-0.4, -0.2) is 72.8 Å². The van der Waals surface area contributed by atoms with Crippen LogP contribution in [0.2, 0.25) is 0 Å². The van der Waals surface area contributed by atoms with Crippen LogP contribution < -0.4 is 4.74 Å². The first-order valence-electron chi connectivity index (χ1n) is 9.92. The van der Waals surface area contributed by atoms with Crippen LogP contribution in [0.1, 0.15) is 18.5 Å². The van der Waals surface area contributed by atoms with E-state index in [0.717, 1.165) is 17.7 Å². The highest BCUT2D eigenvalue weighted by molar-refractivity contribution is 5.89. The van der Waals surface area contributed by atoms with Gasteiger partial charge in [0.05, 0.1) is 32.4 Å². The zero-order valence-corrected chi connectivity index (χ0v) is 16.5. The molecule has 0 bridgehead atoms. The minimum Gasteiger partial charge on any atom is -0.497 e. The predicted octanol–water partition coefficient (Wildman–Crippen LogP) is 1.74. The van der Waals surface area contributed by atoms with E-state index >= 15 is 0 Å². The monoisotopic (exact) mass is 399 g/mol. The Morgan fingerprint density at radius 1 is 1.21 bits per heavy atom. The number of hydrogen-bond acceptors (Lipinski definition) is 6. The van der Waals surface area contributed by atoms with Gasteiger partial charge in [-0.05, 0) is 25.0 Å². The van der Waals surface area contributed by atoms with Crippen molar-refractivity contribution >= 4 is 11.8 Å². The standard InChI is InChI=1S/C21H25N3O5/c1-27-17-5-2-4-15(12-17)19-13-16(22-29-19)14-20(25)24-7-3-6-18(24)21(26)23-8-10-28-11-9-23/h2,4-5,12-13,18H,3,6-11,14H2,1H3/t18-/m0/s1. The molecule has 0 aliphatic carbocycles. The van der Waals surface area contributed by atoms with Crippen LogP contribution in [-0.2, 0) is 20.7 Å². The molecule has 2 fully saturated rings. The molecule has 2 saturated heterocycles. The van der Waals surface area contributed by atoms with Crippen LogP contribution in [0.4, 0.5) is 0 Å². The van der Waals surface area contributed by atoms with Gasteiger partial charge in [-0.15, -0.1) is 0 Å². The van der Waals surface area contributed by atoms with Crippen LogP contribution >= 0.6 is 0 Å². The Hall–Kier alpha value is -2.87. The van der Waals surface area contributed by atoms with Gasteiger partial charge in [0.1, 0.15) is 11.8 Å². The molecule has 0 saturated carbocycles. The fourth-order valence-corrected chi connectivity index (χ4v) is 3.88. The first-order chi connectivity index (χ1) is 14.2. The summed E-state index contributed by atoms with van der Waals surface area (Å²) in [5.74, 6) is 1.23. The highest BCUT2D eigenvalue weighted by Crippen LogP contribution is 2.26. The maximum Gasteiger partial charge on any atom is 0.245 e. The molecular formula is C21H25N3O5. The van der Waals surface area contributed by atoms with Crippen LogP contribution in [0.5, 0.6) is 5.75 Å². The molecule has 1 aromatic carbocycles. The van der Waals surface area contributed by atoms with Gasteiger partial charge < -0.3 is 23.8 Å². The summed E-state index contributed by atoms with van der Waals surface area (Å²) >= 11 is 0. The molecule has 0 radical (unpaired) electrons. The number of morpholine rings is 1. The van der Waals surface area contributed by atoms with Crippen molar-refractivity contribution in [1.29, 1.82) is 0 Å². The van der Waals surface area contributed by atoms with Crippen molar-refractivity contribution in [1.82, 2.24) is 15.0 Å². The van der Waals surface area contributed by atoms with Crippen molar-refractivity contribution in [3.63, 3.8) is 0 Å². The molecule has 8 nitrogen and oxygen atoms in total. The van der Waals surface area contributed by atoms with Gasteiger partial charge >= 0.3 is 0 Å². The number of nitrogens with zero attached hydrogens (tertiary/aromatic N) is 3. The topological polar surface area (TPSA) is 85.1 Å². The molecule has 8 heteroatoms. The molecule has 1 atom stereocenters. The summed E-state index contributed by atoms with van der Waals surface area (Å²) in [6, 6.07) is 8.85. The number of hydrogen-bond donors (Lipinski definition) is 0. The second kappa shape index (κ2) is 8.65. The quantitative estimate of drug-likeness (QED) is 0.761. The van der Waals surface area contributed by atoms with Gasteiger partial charge in [-0.3, -0.25) is 9.59 Å². The Balaban J connectivity index is 1.42. The second-order valence-corrected chi connectivity index (χ2v) is 7.27. The predicted molar refractivity (Wildman–Crippen MR) is 104 cm³/mol. The minimum absolute atomic E-state index is 0.0244. The third kappa shape index (κ3) is 4.27. The summed E-state index contributed by atoms with van der Waals surface area (Å²) in [4.78, 5) is 29.2. The summed E-state index contributed by atoms with van der Waals surface area (Å²) in [5.41, 5.74) is 1.38. The maximum absolute atomic E-state index is 12.9. The lowest BCUT2D eigenvalue weighted by Gasteiger charge is -2.32. The van der Waals surface area contributed by atoms with Crippen molar-refractivity contribution in [3.05, 3.63) is 36.0 Å². The summed E-state index contributed by atoms with van der Waals surface area (Å²) in [6.45, 7) is 2.88. The molecule has 1 aromatic heterocycles. The molecule has 154 valence electrons. The number of carbonyl (C=O) groups is 2. The highest BCUT2D eigenvalue weighted by atomic mass is 16.5. The largest absolute Gasteiger partial charge is 0.497 e. The van der Waals surface area contributed by atoms with E-state index in [0.29, 0.717) is 50.7 Å². The van der Waals surface area contributed by atoms with Crippen LogP contribution in [0.3, 0.4) is 0 Å². The van der Waals surface area contributed by atoms with E-state index in [4.69, 9.17) is 14.0 Å². The van der Waals surface area contributed by atoms with Gasteiger partial charge in [-0.2, -0.15) is 0 Å². The van der Waals surface area contributed by atoms with Crippen LogP contribution in [0.25, 0.3) is 11.3 Å². The van der Waals surface area contributed by atoms with Crippen LogP contribution in [0.15, 0.2) is 34.9 Å². The molecule has 2 aromatic rings.